The summed E-state index contributed by atoms with van der Waals surface area (Å²) in [5, 5.41) is 0. The van der Waals surface area contributed by atoms with E-state index in [1.165, 1.54) is 23.1 Å². The van der Waals surface area contributed by atoms with Crippen LogP contribution in [0.1, 0.15) is 22.3 Å². The average Bonchev–Trinajstić information content (AvgIpc) is 3.08. The van der Waals surface area contributed by atoms with Gasteiger partial charge in [-0.2, -0.15) is 0 Å². The zero-order valence-corrected chi connectivity index (χ0v) is 16.8. The number of imide groups is 1. The molecule has 5 nitrogen and oxygen atoms in total. The Labute approximate surface area is 179 Å². The fraction of sp³-hybridized carbons (Fsp3) is 0.160. The van der Waals surface area contributed by atoms with E-state index in [0.717, 1.165) is 16.5 Å². The van der Waals surface area contributed by atoms with Crippen LogP contribution in [-0.4, -0.2) is 35.2 Å². The van der Waals surface area contributed by atoms with Gasteiger partial charge in [0, 0.05) is 12.1 Å². The number of nitrogens with zero attached hydrogens (tertiary/aromatic N) is 2. The monoisotopic (exact) mass is 416 g/mol. The summed E-state index contributed by atoms with van der Waals surface area (Å²) in [7, 11) is 0. The Hall–Kier alpha value is -3.80. The minimum atomic E-state index is -0.938. The van der Waals surface area contributed by atoms with Crippen LogP contribution in [0.25, 0.3) is 0 Å². The fourth-order valence-electron chi connectivity index (χ4n) is 3.79. The van der Waals surface area contributed by atoms with Crippen molar-refractivity contribution in [2.24, 2.45) is 0 Å². The lowest BCUT2D eigenvalue weighted by Crippen LogP contribution is -2.46. The molecule has 1 aliphatic heterocycles. The molecule has 0 unspecified atom stereocenters. The molecule has 0 N–H and O–H groups in total. The molecule has 156 valence electrons. The van der Waals surface area contributed by atoms with Gasteiger partial charge in [0.05, 0.1) is 12.1 Å². The second-order valence-electron chi connectivity index (χ2n) is 7.37. The lowest BCUT2D eigenvalue weighted by atomic mass is 10.1. The first-order valence-electron chi connectivity index (χ1n) is 10.1. The summed E-state index contributed by atoms with van der Waals surface area (Å²) in [5.41, 5.74) is 1.61. The van der Waals surface area contributed by atoms with Gasteiger partial charge >= 0.3 is 0 Å². The van der Waals surface area contributed by atoms with Crippen molar-refractivity contribution < 1.29 is 18.8 Å². The number of carbonyl (C=O) groups excluding carboxylic acids is 3. The van der Waals surface area contributed by atoms with Crippen molar-refractivity contribution in [1.29, 1.82) is 0 Å². The molecular formula is C25H21FN2O3. The Kier molecular flexibility index (Phi) is 5.89. The number of benzene rings is 3. The van der Waals surface area contributed by atoms with Crippen molar-refractivity contribution >= 4 is 23.4 Å². The first-order chi connectivity index (χ1) is 15.0. The van der Waals surface area contributed by atoms with Crippen LogP contribution in [0, 0.1) is 5.82 Å². The van der Waals surface area contributed by atoms with Crippen LogP contribution < -0.4 is 4.90 Å². The van der Waals surface area contributed by atoms with Gasteiger partial charge in [-0.25, -0.2) is 9.29 Å². The second kappa shape index (κ2) is 8.92. The highest BCUT2D eigenvalue weighted by Crippen LogP contribution is 2.27. The number of hydrogen-bond donors (Lipinski definition) is 0. The summed E-state index contributed by atoms with van der Waals surface area (Å²) in [6.07, 6.45) is 0.398. The lowest BCUT2D eigenvalue weighted by molar-refractivity contribution is -0.122. The van der Waals surface area contributed by atoms with Crippen LogP contribution in [0.5, 0.6) is 0 Å². The van der Waals surface area contributed by atoms with Gasteiger partial charge in [0.15, 0.2) is 0 Å². The summed E-state index contributed by atoms with van der Waals surface area (Å²) in [4.78, 5) is 41.7. The third-order valence-corrected chi connectivity index (χ3v) is 5.33. The molecule has 1 fully saturated rings. The van der Waals surface area contributed by atoms with Gasteiger partial charge in [-0.3, -0.25) is 14.4 Å². The fourth-order valence-corrected chi connectivity index (χ4v) is 3.79. The maximum atomic E-state index is 13.7. The van der Waals surface area contributed by atoms with Crippen molar-refractivity contribution in [3.8, 4) is 0 Å². The Balaban J connectivity index is 1.64. The molecule has 3 amide bonds. The summed E-state index contributed by atoms with van der Waals surface area (Å²) in [6, 6.07) is 22.6. The molecule has 1 atom stereocenters. The molecule has 1 heterocycles. The smallest absolute Gasteiger partial charge is 0.257 e. The molecule has 6 heteroatoms. The van der Waals surface area contributed by atoms with Crippen molar-refractivity contribution in [2.75, 3.05) is 11.4 Å². The summed E-state index contributed by atoms with van der Waals surface area (Å²) < 4.78 is 13.7. The van der Waals surface area contributed by atoms with Crippen LogP contribution in [0.4, 0.5) is 10.1 Å². The number of halogens is 1. The van der Waals surface area contributed by atoms with Gasteiger partial charge in [-0.1, -0.05) is 54.6 Å². The van der Waals surface area contributed by atoms with Crippen molar-refractivity contribution in [2.45, 2.75) is 18.9 Å². The van der Waals surface area contributed by atoms with Gasteiger partial charge in [-0.15, -0.1) is 0 Å². The topological polar surface area (TPSA) is 57.7 Å². The van der Waals surface area contributed by atoms with E-state index in [4.69, 9.17) is 0 Å². The second-order valence-corrected chi connectivity index (χ2v) is 7.37. The highest BCUT2D eigenvalue weighted by Gasteiger charge is 2.44. The Morgan fingerprint density at radius 2 is 1.61 bits per heavy atom. The number of hydrogen-bond acceptors (Lipinski definition) is 3. The molecule has 0 spiro atoms. The zero-order valence-electron chi connectivity index (χ0n) is 16.8. The van der Waals surface area contributed by atoms with Crippen LogP contribution >= 0.6 is 0 Å². The first-order valence-corrected chi connectivity index (χ1v) is 10.1. The quantitative estimate of drug-likeness (QED) is 0.574. The third-order valence-electron chi connectivity index (χ3n) is 5.33. The SMILES string of the molecule is O=C1C[C@@H](N(CCc2ccccc2)C(=O)c2cccc(F)c2)C(=O)N1c1ccccc1. The standard InChI is InChI=1S/C25H21FN2O3/c26-20-11-7-10-19(16-20)24(30)27(15-14-18-8-3-1-4-9-18)22-17-23(29)28(25(22)31)21-12-5-2-6-13-21/h1-13,16,22H,14-15,17H2/t22-/m1/s1. The Bertz CT molecular complexity index is 1100. The number of para-hydroxylation sites is 1. The Morgan fingerprint density at radius 3 is 2.29 bits per heavy atom. The largest absolute Gasteiger partial charge is 0.326 e. The summed E-state index contributed by atoms with van der Waals surface area (Å²) in [5.74, 6) is -1.82. The van der Waals surface area contributed by atoms with Gasteiger partial charge < -0.3 is 4.90 Å². The molecule has 0 bridgehead atoms. The number of carbonyl (C=O) groups is 3. The maximum Gasteiger partial charge on any atom is 0.257 e. The molecule has 31 heavy (non-hydrogen) atoms. The Morgan fingerprint density at radius 1 is 0.935 bits per heavy atom. The third kappa shape index (κ3) is 4.38. The molecule has 0 radical (unpaired) electrons. The van der Waals surface area contributed by atoms with Gasteiger partial charge in [0.1, 0.15) is 11.9 Å². The van der Waals surface area contributed by atoms with Gasteiger partial charge in [0.2, 0.25) is 5.91 Å². The van der Waals surface area contributed by atoms with Crippen LogP contribution in [0.15, 0.2) is 84.9 Å². The highest BCUT2D eigenvalue weighted by molar-refractivity contribution is 6.23. The summed E-state index contributed by atoms with van der Waals surface area (Å²) in [6.45, 7) is 0.228. The normalized spacial score (nSPS) is 15.9. The van der Waals surface area contributed by atoms with Crippen LogP contribution in [-0.2, 0) is 16.0 Å². The molecule has 1 aliphatic rings. The first kappa shape index (κ1) is 20.5. The molecule has 0 aromatic heterocycles. The van der Waals surface area contributed by atoms with Crippen molar-refractivity contribution in [3.63, 3.8) is 0 Å². The molecule has 3 aromatic rings. The maximum absolute atomic E-state index is 13.7. The van der Waals surface area contributed by atoms with Gasteiger partial charge in [-0.05, 0) is 42.3 Å². The van der Waals surface area contributed by atoms with Crippen LogP contribution in [0.2, 0.25) is 0 Å². The minimum absolute atomic E-state index is 0.108. The van der Waals surface area contributed by atoms with Gasteiger partial charge in [0.25, 0.3) is 11.8 Å². The highest BCUT2D eigenvalue weighted by atomic mass is 19.1. The minimum Gasteiger partial charge on any atom is -0.326 e. The van der Waals surface area contributed by atoms with E-state index in [1.54, 1.807) is 30.3 Å². The van der Waals surface area contributed by atoms with Crippen molar-refractivity contribution in [3.05, 3.63) is 102 Å². The molecule has 0 aliphatic carbocycles. The van der Waals surface area contributed by atoms with E-state index in [9.17, 15) is 18.8 Å². The lowest BCUT2D eigenvalue weighted by Gasteiger charge is -2.28. The van der Waals surface area contributed by atoms with E-state index in [1.807, 2.05) is 30.3 Å². The number of anilines is 1. The van der Waals surface area contributed by atoms with E-state index in [2.05, 4.69) is 0 Å². The number of amides is 3. The average molecular weight is 416 g/mol. The van der Waals surface area contributed by atoms with E-state index < -0.39 is 23.7 Å². The zero-order chi connectivity index (χ0) is 21.8. The molecule has 4 rings (SSSR count). The van der Waals surface area contributed by atoms with E-state index in [-0.39, 0.29) is 24.4 Å². The van der Waals surface area contributed by atoms with E-state index >= 15 is 0 Å². The predicted molar refractivity (Wildman–Crippen MR) is 115 cm³/mol. The number of rotatable bonds is 6. The molecule has 1 saturated heterocycles. The van der Waals surface area contributed by atoms with Crippen LogP contribution in [0.3, 0.4) is 0 Å². The molecule has 0 saturated carbocycles. The summed E-state index contributed by atoms with van der Waals surface area (Å²) >= 11 is 0. The van der Waals surface area contributed by atoms with Crippen molar-refractivity contribution in [1.82, 2.24) is 4.90 Å². The van der Waals surface area contributed by atoms with E-state index in [0.29, 0.717) is 12.1 Å². The predicted octanol–water partition coefficient (Wildman–Crippen LogP) is 3.84. The molecule has 3 aromatic carbocycles. The molecular weight excluding hydrogens is 395 g/mol.